The number of hydrogen-bond donors (Lipinski definition) is 1. The first-order valence-electron chi connectivity index (χ1n) is 7.25. The highest BCUT2D eigenvalue weighted by Crippen LogP contribution is 2.18. The van der Waals surface area contributed by atoms with E-state index in [1.54, 1.807) is 0 Å². The smallest absolute Gasteiger partial charge is 0.206 e. The van der Waals surface area contributed by atoms with Gasteiger partial charge in [-0.25, -0.2) is 0 Å². The predicted octanol–water partition coefficient (Wildman–Crippen LogP) is 5.98. The lowest BCUT2D eigenvalue weighted by molar-refractivity contribution is 0.0528. The maximum Gasteiger partial charge on any atom is 0.206 e. The fourth-order valence-corrected chi connectivity index (χ4v) is 2.55. The third kappa shape index (κ3) is 13.3. The zero-order valence-corrected chi connectivity index (χ0v) is 14.0. The minimum Gasteiger partial charge on any atom is -0.346 e. The molecule has 0 rings (SSSR count). The summed E-state index contributed by atoms with van der Waals surface area (Å²) in [5.74, 6) is 0.895. The topological polar surface area (TPSA) is 9.23 Å². The molecule has 0 aliphatic rings. The van der Waals surface area contributed by atoms with Crippen LogP contribution in [0, 0.1) is 0 Å². The van der Waals surface area contributed by atoms with E-state index in [2.05, 4.69) is 19.6 Å². The fourth-order valence-electron chi connectivity index (χ4n) is 2.07. The van der Waals surface area contributed by atoms with Gasteiger partial charge in [-0.3, -0.25) is 0 Å². The van der Waals surface area contributed by atoms with Crippen LogP contribution in [0.2, 0.25) is 0 Å². The number of unbranched alkanes of at least 4 members (excludes halogenated alkanes) is 6. The van der Waals surface area contributed by atoms with Crippen LogP contribution in [-0.2, 0) is 4.74 Å². The van der Waals surface area contributed by atoms with Crippen molar-refractivity contribution in [1.82, 2.24) is 0 Å². The lowest BCUT2D eigenvalue weighted by Crippen LogP contribution is -2.15. The zero-order chi connectivity index (χ0) is 13.6. The van der Waals surface area contributed by atoms with Crippen molar-refractivity contribution >= 4 is 35.8 Å². The average Bonchev–Trinajstić information content (AvgIpc) is 2.34. The van der Waals surface area contributed by atoms with Crippen LogP contribution in [0.1, 0.15) is 71.1 Å². The molecule has 0 saturated carbocycles. The monoisotopic (exact) mass is 314 g/mol. The van der Waals surface area contributed by atoms with Gasteiger partial charge in [0.2, 0.25) is 5.02 Å². The molecule has 0 fully saturated rings. The fraction of sp³-hybridized carbons (Fsp3) is 1.00. The van der Waals surface area contributed by atoms with Crippen molar-refractivity contribution in [2.45, 2.75) is 82.3 Å². The van der Waals surface area contributed by atoms with Crippen LogP contribution in [0.15, 0.2) is 0 Å². The van der Waals surface area contributed by atoms with E-state index >= 15 is 0 Å². The molecular formula is C14H28Cl2OS. The summed E-state index contributed by atoms with van der Waals surface area (Å²) in [6, 6.07) is 0. The molecule has 0 aromatic rings. The maximum atomic E-state index is 5.67. The lowest BCUT2D eigenvalue weighted by atomic mass is 10.0. The van der Waals surface area contributed by atoms with E-state index in [0.717, 1.165) is 25.0 Å². The number of ether oxygens (including phenoxy) is 1. The summed E-state index contributed by atoms with van der Waals surface area (Å²) in [6.07, 6.45) is 12.6. The molecule has 0 radical (unpaired) electrons. The molecule has 0 aliphatic heterocycles. The second-order valence-corrected chi connectivity index (χ2v) is 6.26. The van der Waals surface area contributed by atoms with Gasteiger partial charge in [0.25, 0.3) is 0 Å². The quantitative estimate of drug-likeness (QED) is 0.250. The zero-order valence-electron chi connectivity index (χ0n) is 11.5. The van der Waals surface area contributed by atoms with Crippen LogP contribution < -0.4 is 0 Å². The summed E-state index contributed by atoms with van der Waals surface area (Å²) >= 11 is 15.6. The predicted molar refractivity (Wildman–Crippen MR) is 86.1 cm³/mol. The Morgan fingerprint density at radius 3 is 2.00 bits per heavy atom. The van der Waals surface area contributed by atoms with Crippen molar-refractivity contribution < 1.29 is 4.74 Å². The molecule has 0 aromatic carbocycles. The maximum absolute atomic E-state index is 5.67. The van der Waals surface area contributed by atoms with Crippen molar-refractivity contribution in [3.05, 3.63) is 0 Å². The van der Waals surface area contributed by atoms with E-state index < -0.39 is 5.02 Å². The van der Waals surface area contributed by atoms with E-state index in [0.29, 0.717) is 0 Å². The molecule has 1 nitrogen and oxygen atoms in total. The van der Waals surface area contributed by atoms with Gasteiger partial charge in [0.1, 0.15) is 0 Å². The molecule has 4 heteroatoms. The number of alkyl halides is 2. The molecular weight excluding hydrogens is 287 g/mol. The van der Waals surface area contributed by atoms with Gasteiger partial charge in [0.15, 0.2) is 0 Å². The molecule has 0 aliphatic carbocycles. The van der Waals surface area contributed by atoms with E-state index in [1.807, 2.05) is 0 Å². The van der Waals surface area contributed by atoms with E-state index in [1.165, 1.54) is 44.9 Å². The Morgan fingerprint density at radius 2 is 1.44 bits per heavy atom. The number of thiol groups is 1. The second kappa shape index (κ2) is 14.3. The highest BCUT2D eigenvalue weighted by molar-refractivity contribution is 7.80. The highest BCUT2D eigenvalue weighted by atomic mass is 35.5. The van der Waals surface area contributed by atoms with Crippen LogP contribution in [0.4, 0.5) is 0 Å². The molecule has 1 unspecified atom stereocenters. The minimum atomic E-state index is -0.695. The van der Waals surface area contributed by atoms with Gasteiger partial charge in [0, 0.05) is 0 Å². The molecule has 0 saturated heterocycles. The Bertz CT molecular complexity index is 168. The summed E-state index contributed by atoms with van der Waals surface area (Å²) < 4.78 is 5.49. The van der Waals surface area contributed by atoms with Crippen molar-refractivity contribution in [1.29, 1.82) is 0 Å². The molecule has 0 spiro atoms. The van der Waals surface area contributed by atoms with Gasteiger partial charge in [0.05, 0.1) is 6.10 Å². The standard InChI is InChI=1S/C14H28Cl2OS/c1-2-3-4-5-6-7-8-10-13(11-9-12-18)17-14(15)16/h13-14,18H,2-12H2,1H3. The van der Waals surface area contributed by atoms with Gasteiger partial charge in [-0.15, -0.1) is 0 Å². The normalized spacial score (nSPS) is 13.2. The summed E-state index contributed by atoms with van der Waals surface area (Å²) in [5.41, 5.74) is 0. The Labute approximate surface area is 128 Å². The summed E-state index contributed by atoms with van der Waals surface area (Å²) in [6.45, 7) is 2.25. The summed E-state index contributed by atoms with van der Waals surface area (Å²) in [7, 11) is 0. The van der Waals surface area contributed by atoms with E-state index in [-0.39, 0.29) is 6.10 Å². The first-order valence-corrected chi connectivity index (χ1v) is 8.75. The van der Waals surface area contributed by atoms with Crippen LogP contribution in [0.5, 0.6) is 0 Å². The highest BCUT2D eigenvalue weighted by Gasteiger charge is 2.12. The Hall–Kier alpha value is 0.890. The Balaban J connectivity index is 3.49. The largest absolute Gasteiger partial charge is 0.346 e. The van der Waals surface area contributed by atoms with Crippen molar-refractivity contribution in [3.8, 4) is 0 Å². The minimum absolute atomic E-state index is 0.202. The average molecular weight is 315 g/mol. The molecule has 110 valence electrons. The van der Waals surface area contributed by atoms with Crippen molar-refractivity contribution in [3.63, 3.8) is 0 Å². The van der Waals surface area contributed by atoms with Gasteiger partial charge in [-0.2, -0.15) is 12.6 Å². The van der Waals surface area contributed by atoms with Crippen LogP contribution in [0.3, 0.4) is 0 Å². The third-order valence-corrected chi connectivity index (χ3v) is 3.63. The first kappa shape index (κ1) is 18.9. The molecule has 18 heavy (non-hydrogen) atoms. The first-order chi connectivity index (χ1) is 8.70. The molecule has 0 aromatic heterocycles. The molecule has 0 bridgehead atoms. The van der Waals surface area contributed by atoms with E-state index in [4.69, 9.17) is 27.9 Å². The van der Waals surface area contributed by atoms with Crippen molar-refractivity contribution in [2.24, 2.45) is 0 Å². The van der Waals surface area contributed by atoms with Gasteiger partial charge < -0.3 is 4.74 Å². The third-order valence-electron chi connectivity index (χ3n) is 3.11. The van der Waals surface area contributed by atoms with Gasteiger partial charge in [-0.1, -0.05) is 75.1 Å². The van der Waals surface area contributed by atoms with E-state index in [9.17, 15) is 0 Å². The molecule has 0 amide bonds. The number of hydrogen-bond acceptors (Lipinski definition) is 2. The molecule has 0 heterocycles. The molecule has 1 atom stereocenters. The summed E-state index contributed by atoms with van der Waals surface area (Å²) in [4.78, 5) is 0. The molecule has 0 N–H and O–H groups in total. The summed E-state index contributed by atoms with van der Waals surface area (Å²) in [5, 5.41) is -0.695. The second-order valence-electron chi connectivity index (χ2n) is 4.79. The number of halogens is 2. The Morgan fingerprint density at radius 1 is 0.889 bits per heavy atom. The Kier molecular flexibility index (Phi) is 15.0. The van der Waals surface area contributed by atoms with Crippen LogP contribution in [0.25, 0.3) is 0 Å². The van der Waals surface area contributed by atoms with Crippen LogP contribution in [-0.4, -0.2) is 16.9 Å². The van der Waals surface area contributed by atoms with Crippen molar-refractivity contribution in [2.75, 3.05) is 5.75 Å². The SMILES string of the molecule is CCCCCCCCCC(CCCS)OC(Cl)Cl. The number of rotatable bonds is 13. The van der Waals surface area contributed by atoms with Crippen LogP contribution >= 0.6 is 35.8 Å². The lowest BCUT2D eigenvalue weighted by Gasteiger charge is -2.18. The van der Waals surface area contributed by atoms with Gasteiger partial charge in [-0.05, 0) is 25.0 Å². The van der Waals surface area contributed by atoms with Gasteiger partial charge >= 0.3 is 0 Å².